The maximum absolute atomic E-state index is 13.4. The molecular formula is C18H19FN2O. The number of benzene rings is 2. The summed E-state index contributed by atoms with van der Waals surface area (Å²) in [4.78, 5) is 16.2. The maximum Gasteiger partial charge on any atom is 0.161 e. The van der Waals surface area contributed by atoms with Crippen LogP contribution in [-0.4, -0.2) is 32.0 Å². The van der Waals surface area contributed by atoms with Crippen LogP contribution < -0.4 is 9.80 Å². The van der Waals surface area contributed by atoms with E-state index < -0.39 is 0 Å². The number of para-hydroxylation sites is 1. The Kier molecular flexibility index (Phi) is 4.09. The summed E-state index contributed by atoms with van der Waals surface area (Å²) in [6, 6.07) is 14.8. The lowest BCUT2D eigenvalue weighted by Crippen LogP contribution is -2.47. The van der Waals surface area contributed by atoms with E-state index in [9.17, 15) is 9.18 Å². The molecule has 0 bridgehead atoms. The molecule has 0 saturated carbocycles. The first kappa shape index (κ1) is 14.6. The van der Waals surface area contributed by atoms with E-state index in [-0.39, 0.29) is 11.6 Å². The summed E-state index contributed by atoms with van der Waals surface area (Å²) < 4.78 is 13.4. The van der Waals surface area contributed by atoms with Crippen LogP contribution in [0.3, 0.4) is 0 Å². The molecule has 0 amide bonds. The topological polar surface area (TPSA) is 23.6 Å². The molecule has 4 heteroatoms. The third kappa shape index (κ3) is 2.96. The molecule has 0 aliphatic carbocycles. The number of carbonyl (C=O) groups excluding carboxylic acids is 1. The van der Waals surface area contributed by atoms with Crippen molar-refractivity contribution in [2.24, 2.45) is 0 Å². The molecule has 0 radical (unpaired) electrons. The van der Waals surface area contributed by atoms with E-state index in [0.717, 1.165) is 31.9 Å². The molecule has 1 fully saturated rings. The van der Waals surface area contributed by atoms with Gasteiger partial charge in [-0.25, -0.2) is 4.39 Å². The number of nitrogens with zero attached hydrogens (tertiary/aromatic N) is 2. The Balaban J connectivity index is 1.76. The lowest BCUT2D eigenvalue weighted by atomic mass is 10.1. The lowest BCUT2D eigenvalue weighted by molar-refractivity contribution is 0.101. The van der Waals surface area contributed by atoms with Crippen LogP contribution in [0.4, 0.5) is 15.8 Å². The summed E-state index contributed by atoms with van der Waals surface area (Å²) in [6.45, 7) is 4.90. The van der Waals surface area contributed by atoms with Crippen LogP contribution in [0.15, 0.2) is 48.5 Å². The smallest absolute Gasteiger partial charge is 0.161 e. The molecule has 0 spiro atoms. The highest BCUT2D eigenvalue weighted by Crippen LogP contribution is 2.25. The predicted octanol–water partition coefficient (Wildman–Crippen LogP) is 3.35. The molecule has 0 aromatic heterocycles. The number of piperazine rings is 1. The van der Waals surface area contributed by atoms with Gasteiger partial charge < -0.3 is 9.80 Å². The van der Waals surface area contributed by atoms with Crippen molar-refractivity contribution in [2.45, 2.75) is 6.92 Å². The van der Waals surface area contributed by atoms with E-state index in [4.69, 9.17) is 0 Å². The van der Waals surface area contributed by atoms with Gasteiger partial charge in [0.1, 0.15) is 5.82 Å². The van der Waals surface area contributed by atoms with Gasteiger partial charge in [-0.2, -0.15) is 0 Å². The van der Waals surface area contributed by atoms with Gasteiger partial charge in [0, 0.05) is 43.1 Å². The molecule has 0 unspecified atom stereocenters. The number of Topliss-reactive ketones (excluding diaryl/α,β-unsaturated/α-hetero) is 1. The Morgan fingerprint density at radius 3 is 2.23 bits per heavy atom. The third-order valence-electron chi connectivity index (χ3n) is 4.08. The predicted molar refractivity (Wildman–Crippen MR) is 87.3 cm³/mol. The van der Waals surface area contributed by atoms with Gasteiger partial charge in [-0.05, 0) is 37.3 Å². The molecule has 3 rings (SSSR count). The van der Waals surface area contributed by atoms with Gasteiger partial charge in [0.2, 0.25) is 0 Å². The second-order valence-corrected chi connectivity index (χ2v) is 5.53. The Bertz CT molecular complexity index is 664. The highest BCUT2D eigenvalue weighted by atomic mass is 19.1. The van der Waals surface area contributed by atoms with E-state index in [1.54, 1.807) is 6.07 Å². The maximum atomic E-state index is 13.4. The molecule has 2 aromatic carbocycles. The largest absolute Gasteiger partial charge is 0.368 e. The Morgan fingerprint density at radius 1 is 0.955 bits per heavy atom. The molecule has 1 saturated heterocycles. The standard InChI is InChI=1S/C18H19FN2O/c1-14(22)17-13-15(19)7-8-18(17)21-11-9-20(10-12-21)16-5-3-2-4-6-16/h2-8,13H,9-12H2,1H3. The number of anilines is 2. The number of rotatable bonds is 3. The molecule has 0 atom stereocenters. The Labute approximate surface area is 130 Å². The van der Waals surface area contributed by atoms with E-state index in [1.165, 1.54) is 24.7 Å². The van der Waals surface area contributed by atoms with Crippen molar-refractivity contribution < 1.29 is 9.18 Å². The van der Waals surface area contributed by atoms with Gasteiger partial charge in [0.25, 0.3) is 0 Å². The molecule has 22 heavy (non-hydrogen) atoms. The summed E-state index contributed by atoms with van der Waals surface area (Å²) in [7, 11) is 0. The molecular weight excluding hydrogens is 279 g/mol. The number of carbonyl (C=O) groups is 1. The van der Waals surface area contributed by atoms with Gasteiger partial charge in [0.05, 0.1) is 0 Å². The van der Waals surface area contributed by atoms with Crippen molar-refractivity contribution in [3.63, 3.8) is 0 Å². The zero-order chi connectivity index (χ0) is 15.5. The first-order valence-electron chi connectivity index (χ1n) is 7.50. The summed E-state index contributed by atoms with van der Waals surface area (Å²) >= 11 is 0. The van der Waals surface area contributed by atoms with Crippen molar-refractivity contribution in [2.75, 3.05) is 36.0 Å². The van der Waals surface area contributed by atoms with E-state index in [2.05, 4.69) is 21.9 Å². The third-order valence-corrected chi connectivity index (χ3v) is 4.08. The minimum atomic E-state index is -0.364. The van der Waals surface area contributed by atoms with Crippen LogP contribution in [0.1, 0.15) is 17.3 Å². The van der Waals surface area contributed by atoms with Crippen molar-refractivity contribution in [1.82, 2.24) is 0 Å². The fourth-order valence-electron chi connectivity index (χ4n) is 2.91. The van der Waals surface area contributed by atoms with Gasteiger partial charge in [-0.3, -0.25) is 4.79 Å². The lowest BCUT2D eigenvalue weighted by Gasteiger charge is -2.38. The highest BCUT2D eigenvalue weighted by molar-refractivity contribution is 5.99. The van der Waals surface area contributed by atoms with E-state index in [1.807, 2.05) is 18.2 Å². The molecule has 0 N–H and O–H groups in total. The SMILES string of the molecule is CC(=O)c1cc(F)ccc1N1CCN(c2ccccc2)CC1. The quantitative estimate of drug-likeness (QED) is 0.812. The van der Waals surface area contributed by atoms with Crippen molar-refractivity contribution in [3.8, 4) is 0 Å². The van der Waals surface area contributed by atoms with Gasteiger partial charge in [0.15, 0.2) is 5.78 Å². The fourth-order valence-corrected chi connectivity index (χ4v) is 2.91. The molecule has 1 aliphatic rings. The van der Waals surface area contributed by atoms with Crippen LogP contribution in [0, 0.1) is 5.82 Å². The number of hydrogen-bond donors (Lipinski definition) is 0. The first-order valence-corrected chi connectivity index (χ1v) is 7.50. The Hall–Kier alpha value is -2.36. The zero-order valence-corrected chi connectivity index (χ0v) is 12.6. The van der Waals surface area contributed by atoms with Crippen molar-refractivity contribution in [3.05, 3.63) is 59.9 Å². The monoisotopic (exact) mass is 298 g/mol. The van der Waals surface area contributed by atoms with Crippen LogP contribution in [-0.2, 0) is 0 Å². The van der Waals surface area contributed by atoms with E-state index in [0.29, 0.717) is 5.56 Å². The minimum Gasteiger partial charge on any atom is -0.368 e. The average Bonchev–Trinajstić information content (AvgIpc) is 2.56. The number of hydrogen-bond acceptors (Lipinski definition) is 3. The molecule has 2 aromatic rings. The van der Waals surface area contributed by atoms with Gasteiger partial charge in [-0.1, -0.05) is 18.2 Å². The Morgan fingerprint density at radius 2 is 1.59 bits per heavy atom. The van der Waals surface area contributed by atoms with Crippen LogP contribution in [0.25, 0.3) is 0 Å². The molecule has 1 heterocycles. The molecule has 1 aliphatic heterocycles. The summed E-state index contributed by atoms with van der Waals surface area (Å²) in [5.74, 6) is -0.461. The second-order valence-electron chi connectivity index (χ2n) is 5.53. The van der Waals surface area contributed by atoms with Gasteiger partial charge >= 0.3 is 0 Å². The molecule has 114 valence electrons. The normalized spacial score (nSPS) is 15.0. The van der Waals surface area contributed by atoms with Crippen molar-refractivity contribution >= 4 is 17.2 Å². The van der Waals surface area contributed by atoms with Crippen molar-refractivity contribution in [1.29, 1.82) is 0 Å². The molecule has 3 nitrogen and oxygen atoms in total. The van der Waals surface area contributed by atoms with Gasteiger partial charge in [-0.15, -0.1) is 0 Å². The van der Waals surface area contributed by atoms with Crippen LogP contribution >= 0.6 is 0 Å². The number of ketones is 1. The van der Waals surface area contributed by atoms with E-state index >= 15 is 0 Å². The minimum absolute atomic E-state index is 0.0972. The fraction of sp³-hybridized carbons (Fsp3) is 0.278. The summed E-state index contributed by atoms with van der Waals surface area (Å²) in [5.41, 5.74) is 2.52. The second kappa shape index (κ2) is 6.18. The summed E-state index contributed by atoms with van der Waals surface area (Å²) in [6.07, 6.45) is 0. The first-order chi connectivity index (χ1) is 10.6. The zero-order valence-electron chi connectivity index (χ0n) is 12.6. The number of halogens is 1. The highest BCUT2D eigenvalue weighted by Gasteiger charge is 2.20. The average molecular weight is 298 g/mol. The summed E-state index contributed by atoms with van der Waals surface area (Å²) in [5, 5.41) is 0. The van der Waals surface area contributed by atoms with Crippen LogP contribution in [0.5, 0.6) is 0 Å². The van der Waals surface area contributed by atoms with Crippen LogP contribution in [0.2, 0.25) is 0 Å².